The minimum atomic E-state index is -4.80. The molecule has 0 aliphatic carbocycles. The summed E-state index contributed by atoms with van der Waals surface area (Å²) in [6.07, 6.45) is -1.07. The number of likely N-dealkylation sites (tertiary alicyclic amines) is 1. The maximum atomic E-state index is 14.1. The van der Waals surface area contributed by atoms with Crippen LogP contribution in [0.15, 0.2) is 18.2 Å². The third kappa shape index (κ3) is 4.08. The second-order valence-electron chi connectivity index (χ2n) is 6.71. The van der Waals surface area contributed by atoms with Gasteiger partial charge >= 0.3 is 6.18 Å². The van der Waals surface area contributed by atoms with E-state index in [1.165, 1.54) is 4.90 Å². The topological polar surface area (TPSA) is 32.3 Å². The van der Waals surface area contributed by atoms with Crippen molar-refractivity contribution in [3.63, 3.8) is 0 Å². The first-order valence-corrected chi connectivity index (χ1v) is 8.18. The molecule has 0 bridgehead atoms. The standard InChI is InChI=1S/C17H20F4N2O.ClH/c18-14-12(2-1-3-13(14)17(19,20)21)15(24)23-10-6-16(7-11-23)4-8-22-9-5-16;/h1-3,22H,4-11H2;1H. The molecule has 140 valence electrons. The largest absolute Gasteiger partial charge is 0.419 e. The first kappa shape index (κ1) is 20.0. The molecule has 0 unspecified atom stereocenters. The van der Waals surface area contributed by atoms with Gasteiger partial charge in [-0.2, -0.15) is 13.2 Å². The van der Waals surface area contributed by atoms with E-state index in [1.807, 2.05) is 0 Å². The molecule has 2 fully saturated rings. The van der Waals surface area contributed by atoms with Crippen molar-refractivity contribution >= 4 is 18.3 Å². The van der Waals surface area contributed by atoms with Crippen LogP contribution in [0, 0.1) is 11.2 Å². The van der Waals surface area contributed by atoms with Crippen molar-refractivity contribution in [3.05, 3.63) is 35.1 Å². The number of carbonyl (C=O) groups excluding carboxylic acids is 1. The van der Waals surface area contributed by atoms with Crippen molar-refractivity contribution in [2.75, 3.05) is 26.2 Å². The summed E-state index contributed by atoms with van der Waals surface area (Å²) in [6, 6.07) is 2.87. The van der Waals surface area contributed by atoms with Crippen molar-refractivity contribution in [2.24, 2.45) is 5.41 Å². The van der Waals surface area contributed by atoms with Gasteiger partial charge in [-0.3, -0.25) is 4.79 Å². The SMILES string of the molecule is Cl.O=C(c1cccc(C(F)(F)F)c1F)N1CCC2(CCNCC2)CC1. The Morgan fingerprint density at radius 1 is 1.08 bits per heavy atom. The first-order valence-electron chi connectivity index (χ1n) is 8.18. The van der Waals surface area contributed by atoms with Gasteiger partial charge in [-0.25, -0.2) is 4.39 Å². The molecule has 0 saturated carbocycles. The van der Waals surface area contributed by atoms with Crippen LogP contribution in [-0.2, 0) is 6.18 Å². The van der Waals surface area contributed by atoms with Crippen LogP contribution in [0.4, 0.5) is 17.6 Å². The molecule has 1 aromatic carbocycles. The van der Waals surface area contributed by atoms with Crippen LogP contribution >= 0.6 is 12.4 Å². The van der Waals surface area contributed by atoms with Gasteiger partial charge in [0.1, 0.15) is 5.82 Å². The molecule has 1 aromatic rings. The average molecular weight is 381 g/mol. The zero-order chi connectivity index (χ0) is 17.4. The summed E-state index contributed by atoms with van der Waals surface area (Å²) in [5, 5.41) is 3.31. The van der Waals surface area contributed by atoms with E-state index >= 15 is 0 Å². The molecule has 3 rings (SSSR count). The molecule has 25 heavy (non-hydrogen) atoms. The highest BCUT2D eigenvalue weighted by molar-refractivity contribution is 5.94. The Labute approximate surface area is 150 Å². The summed E-state index contributed by atoms with van der Waals surface area (Å²) in [6.45, 7) is 2.84. The molecular weight excluding hydrogens is 360 g/mol. The summed E-state index contributed by atoms with van der Waals surface area (Å²) in [4.78, 5) is 14.0. The van der Waals surface area contributed by atoms with Crippen LogP contribution < -0.4 is 5.32 Å². The fraction of sp³-hybridized carbons (Fsp3) is 0.588. The lowest BCUT2D eigenvalue weighted by Crippen LogP contribution is -2.47. The second-order valence-corrected chi connectivity index (χ2v) is 6.71. The van der Waals surface area contributed by atoms with Crippen molar-refractivity contribution in [3.8, 4) is 0 Å². The molecule has 0 atom stereocenters. The summed E-state index contributed by atoms with van der Waals surface area (Å²) in [5.41, 5.74) is -1.67. The van der Waals surface area contributed by atoms with Crippen LogP contribution in [0.2, 0.25) is 0 Å². The molecule has 2 aliphatic heterocycles. The monoisotopic (exact) mass is 380 g/mol. The van der Waals surface area contributed by atoms with Crippen LogP contribution in [0.1, 0.15) is 41.6 Å². The van der Waals surface area contributed by atoms with Crippen LogP contribution in [-0.4, -0.2) is 37.0 Å². The average Bonchev–Trinajstić information content (AvgIpc) is 2.55. The van der Waals surface area contributed by atoms with Crippen LogP contribution in [0.5, 0.6) is 0 Å². The molecule has 8 heteroatoms. The van der Waals surface area contributed by atoms with Gasteiger partial charge in [0.15, 0.2) is 0 Å². The van der Waals surface area contributed by atoms with Gasteiger partial charge in [-0.15, -0.1) is 12.4 Å². The van der Waals surface area contributed by atoms with Gasteiger partial charge in [0.25, 0.3) is 5.91 Å². The molecular formula is C17H21ClF4N2O. The number of halogens is 5. The highest BCUT2D eigenvalue weighted by Crippen LogP contribution is 2.40. The smallest absolute Gasteiger partial charge is 0.339 e. The van der Waals surface area contributed by atoms with Crippen molar-refractivity contribution < 1.29 is 22.4 Å². The number of amides is 1. The van der Waals surface area contributed by atoms with E-state index in [-0.39, 0.29) is 17.8 Å². The number of piperidine rings is 2. The number of carbonyl (C=O) groups is 1. The summed E-state index contributed by atoms with van der Waals surface area (Å²) >= 11 is 0. The van der Waals surface area contributed by atoms with E-state index in [0.29, 0.717) is 19.2 Å². The Bertz CT molecular complexity index is 620. The lowest BCUT2D eigenvalue weighted by Gasteiger charge is -2.44. The number of hydrogen-bond donors (Lipinski definition) is 1. The van der Waals surface area contributed by atoms with E-state index in [9.17, 15) is 22.4 Å². The predicted molar refractivity (Wildman–Crippen MR) is 88.3 cm³/mol. The highest BCUT2D eigenvalue weighted by Gasteiger charge is 2.39. The normalized spacial score (nSPS) is 20.2. The number of alkyl halides is 3. The summed E-state index contributed by atoms with van der Waals surface area (Å²) < 4.78 is 52.6. The van der Waals surface area contributed by atoms with Gasteiger partial charge in [-0.1, -0.05) is 6.07 Å². The molecule has 2 aliphatic rings. The molecule has 1 N–H and O–H groups in total. The van der Waals surface area contributed by atoms with Crippen molar-refractivity contribution in [1.29, 1.82) is 0 Å². The second kappa shape index (κ2) is 7.50. The molecule has 2 saturated heterocycles. The summed E-state index contributed by atoms with van der Waals surface area (Å²) in [7, 11) is 0. The molecule has 3 nitrogen and oxygen atoms in total. The number of benzene rings is 1. The third-order valence-corrected chi connectivity index (χ3v) is 5.31. The Hall–Kier alpha value is -1.34. The van der Waals surface area contributed by atoms with E-state index in [2.05, 4.69) is 5.32 Å². The van der Waals surface area contributed by atoms with Crippen molar-refractivity contribution in [1.82, 2.24) is 10.2 Å². The maximum absolute atomic E-state index is 14.1. The van der Waals surface area contributed by atoms with E-state index in [0.717, 1.165) is 50.9 Å². The molecule has 0 radical (unpaired) electrons. The highest BCUT2D eigenvalue weighted by atomic mass is 35.5. The Balaban J connectivity index is 0.00000225. The number of nitrogens with one attached hydrogen (secondary N) is 1. The minimum Gasteiger partial charge on any atom is -0.339 e. The number of nitrogens with zero attached hydrogens (tertiary/aromatic N) is 1. The Morgan fingerprint density at radius 3 is 2.24 bits per heavy atom. The van der Waals surface area contributed by atoms with E-state index in [4.69, 9.17) is 0 Å². The minimum absolute atomic E-state index is 0. The summed E-state index contributed by atoms with van der Waals surface area (Å²) in [5.74, 6) is -2.13. The molecule has 1 spiro atoms. The Morgan fingerprint density at radius 2 is 1.68 bits per heavy atom. The van der Waals surface area contributed by atoms with Gasteiger partial charge in [-0.05, 0) is 56.3 Å². The zero-order valence-electron chi connectivity index (χ0n) is 13.7. The maximum Gasteiger partial charge on any atom is 0.419 e. The van der Waals surface area contributed by atoms with Crippen molar-refractivity contribution in [2.45, 2.75) is 31.9 Å². The fourth-order valence-electron chi connectivity index (χ4n) is 3.73. The Kier molecular flexibility index (Phi) is 5.99. The van der Waals surface area contributed by atoms with Gasteiger partial charge in [0.05, 0.1) is 11.1 Å². The molecule has 0 aromatic heterocycles. The van der Waals surface area contributed by atoms with Gasteiger partial charge in [0.2, 0.25) is 0 Å². The lowest BCUT2D eigenvalue weighted by atomic mass is 9.71. The third-order valence-electron chi connectivity index (χ3n) is 5.31. The zero-order valence-corrected chi connectivity index (χ0v) is 14.5. The van der Waals surface area contributed by atoms with Gasteiger partial charge < -0.3 is 10.2 Å². The van der Waals surface area contributed by atoms with Crippen LogP contribution in [0.3, 0.4) is 0 Å². The molecule has 2 heterocycles. The number of rotatable bonds is 1. The quantitative estimate of drug-likeness (QED) is 0.750. The fourth-order valence-corrected chi connectivity index (χ4v) is 3.73. The van der Waals surface area contributed by atoms with Gasteiger partial charge in [0, 0.05) is 13.1 Å². The van der Waals surface area contributed by atoms with E-state index < -0.39 is 29.0 Å². The predicted octanol–water partition coefficient (Wildman–Crippen LogP) is 3.87. The number of hydrogen-bond acceptors (Lipinski definition) is 2. The molecule has 1 amide bonds. The van der Waals surface area contributed by atoms with E-state index in [1.54, 1.807) is 0 Å². The lowest BCUT2D eigenvalue weighted by molar-refractivity contribution is -0.140. The van der Waals surface area contributed by atoms with Crippen LogP contribution in [0.25, 0.3) is 0 Å². The first-order chi connectivity index (χ1) is 11.3.